The van der Waals surface area contributed by atoms with Crippen LogP contribution in [-0.4, -0.2) is 124 Å². The average Bonchev–Trinajstić information content (AvgIpc) is 3.99. The van der Waals surface area contributed by atoms with Gasteiger partial charge in [0.2, 0.25) is 5.91 Å². The lowest BCUT2D eigenvalue weighted by molar-refractivity contribution is -0.137. The molecule has 0 spiro atoms. The van der Waals surface area contributed by atoms with Gasteiger partial charge in [-0.1, -0.05) is 42.8 Å². The Morgan fingerprint density at radius 3 is 1.72 bits per heavy atom. The third-order valence-electron chi connectivity index (χ3n) is 11.4. The number of halogens is 1. The SMILES string of the molecule is CN1C(=O)C(Br)=C(c2c(CCCCCc3[nH]c4ccccc4c3C3=C(N4CCN(CC(=O)N5CCCC5)CC4)C(=O)N(C)C3=O)[nH]c3ccccc23)C1=O. The zero-order valence-electron chi connectivity index (χ0n) is 30.7. The highest BCUT2D eigenvalue weighted by Crippen LogP contribution is 2.40. The summed E-state index contributed by atoms with van der Waals surface area (Å²) in [6.07, 6.45) is 6.00. The van der Waals surface area contributed by atoms with Crippen LogP contribution < -0.4 is 0 Å². The Labute approximate surface area is 321 Å². The number of likely N-dealkylation sites (N-methyl/N-ethyl adjacent to an activating group) is 2. The number of carbonyl (C=O) groups excluding carboxylic acids is 5. The first-order chi connectivity index (χ1) is 26.1. The second kappa shape index (κ2) is 14.7. The van der Waals surface area contributed by atoms with E-state index < -0.39 is 0 Å². The number of hydrogen-bond donors (Lipinski definition) is 2. The van der Waals surface area contributed by atoms with Crippen LogP contribution in [0.15, 0.2) is 58.7 Å². The molecule has 4 aliphatic rings. The minimum atomic E-state index is -0.348. The number of likely N-dealkylation sites (tertiary alicyclic amines) is 1. The molecule has 8 rings (SSSR count). The van der Waals surface area contributed by atoms with Crippen molar-refractivity contribution >= 4 is 78.4 Å². The van der Waals surface area contributed by atoms with Gasteiger partial charge in [0.25, 0.3) is 23.6 Å². The molecule has 12 nitrogen and oxygen atoms in total. The van der Waals surface area contributed by atoms with Gasteiger partial charge in [0.1, 0.15) is 5.70 Å². The Kier molecular flexibility index (Phi) is 9.78. The lowest BCUT2D eigenvalue weighted by Crippen LogP contribution is -2.50. The first-order valence-electron chi connectivity index (χ1n) is 18.9. The van der Waals surface area contributed by atoms with Crippen molar-refractivity contribution in [3.63, 3.8) is 0 Å². The van der Waals surface area contributed by atoms with Crippen molar-refractivity contribution in [3.05, 3.63) is 81.2 Å². The number of imide groups is 2. The topological polar surface area (TPSA) is 133 Å². The van der Waals surface area contributed by atoms with Gasteiger partial charge in [0, 0.05) is 97.7 Å². The van der Waals surface area contributed by atoms with Crippen LogP contribution >= 0.6 is 15.9 Å². The number of hydrogen-bond acceptors (Lipinski definition) is 7. The number of rotatable bonds is 11. The predicted octanol–water partition coefficient (Wildman–Crippen LogP) is 4.66. The van der Waals surface area contributed by atoms with Gasteiger partial charge in [-0.05, 0) is 66.6 Å². The summed E-state index contributed by atoms with van der Waals surface area (Å²) in [6, 6.07) is 15.7. The summed E-state index contributed by atoms with van der Waals surface area (Å²) in [6.45, 7) is 4.41. The highest BCUT2D eigenvalue weighted by molar-refractivity contribution is 9.12. The Hall–Kier alpha value is -5.01. The van der Waals surface area contributed by atoms with Crippen LogP contribution in [-0.2, 0) is 36.8 Å². The molecule has 2 fully saturated rings. The van der Waals surface area contributed by atoms with Crippen LogP contribution in [0, 0.1) is 0 Å². The Bertz CT molecular complexity index is 2270. The van der Waals surface area contributed by atoms with E-state index in [9.17, 15) is 24.0 Å². The summed E-state index contributed by atoms with van der Waals surface area (Å²) in [5.41, 5.74) is 6.50. The average molecular weight is 795 g/mol. The van der Waals surface area contributed by atoms with Crippen LogP contribution in [0.1, 0.15) is 54.6 Å². The minimum Gasteiger partial charge on any atom is -0.364 e. The van der Waals surface area contributed by atoms with Gasteiger partial charge < -0.3 is 19.8 Å². The minimum absolute atomic E-state index is 0.164. The van der Waals surface area contributed by atoms with E-state index in [-0.39, 0.29) is 34.0 Å². The van der Waals surface area contributed by atoms with E-state index in [0.29, 0.717) is 62.4 Å². The molecular formula is C41H44BrN7O5. The maximum atomic E-state index is 13.9. The maximum Gasteiger partial charge on any atom is 0.277 e. The van der Waals surface area contributed by atoms with Crippen LogP contribution in [0.2, 0.25) is 0 Å². The molecule has 2 N–H and O–H groups in total. The quantitative estimate of drug-likeness (QED) is 0.167. The first-order valence-corrected chi connectivity index (χ1v) is 19.7. The highest BCUT2D eigenvalue weighted by atomic mass is 79.9. The number of amides is 5. The molecular weight excluding hydrogens is 750 g/mol. The van der Waals surface area contributed by atoms with E-state index in [1.165, 1.54) is 11.9 Å². The summed E-state index contributed by atoms with van der Waals surface area (Å²) < 4.78 is 0.279. The highest BCUT2D eigenvalue weighted by Gasteiger charge is 2.42. The van der Waals surface area contributed by atoms with Gasteiger partial charge in [-0.3, -0.25) is 38.7 Å². The number of aromatic nitrogens is 2. The number of unbranched alkanes of at least 4 members (excludes halogenated alkanes) is 2. The van der Waals surface area contributed by atoms with Crippen LogP contribution in [0.3, 0.4) is 0 Å². The molecule has 280 valence electrons. The van der Waals surface area contributed by atoms with E-state index in [1.54, 1.807) is 7.05 Å². The zero-order chi connectivity index (χ0) is 37.7. The van der Waals surface area contributed by atoms with Gasteiger partial charge in [0.05, 0.1) is 22.2 Å². The van der Waals surface area contributed by atoms with Crippen molar-refractivity contribution in [2.75, 3.05) is 59.9 Å². The normalized spacial score (nSPS) is 18.7. The molecule has 2 saturated heterocycles. The van der Waals surface area contributed by atoms with E-state index in [1.807, 2.05) is 58.3 Å². The zero-order valence-corrected chi connectivity index (χ0v) is 32.3. The predicted molar refractivity (Wildman–Crippen MR) is 210 cm³/mol. The summed E-state index contributed by atoms with van der Waals surface area (Å²) in [7, 11) is 3.05. The Morgan fingerprint density at radius 2 is 1.17 bits per heavy atom. The third-order valence-corrected chi connectivity index (χ3v) is 12.2. The van der Waals surface area contributed by atoms with Gasteiger partial charge in [-0.25, -0.2) is 0 Å². The lowest BCUT2D eigenvalue weighted by atomic mass is 9.96. The molecule has 6 heterocycles. The number of piperazine rings is 1. The fraction of sp³-hybridized carbons (Fsp3) is 0.390. The number of fused-ring (bicyclic) bond motifs is 2. The van der Waals surface area contributed by atoms with Crippen molar-refractivity contribution < 1.29 is 24.0 Å². The van der Waals surface area contributed by atoms with Gasteiger partial charge in [-0.15, -0.1) is 0 Å². The second-order valence-corrected chi connectivity index (χ2v) is 15.5. The van der Waals surface area contributed by atoms with Crippen molar-refractivity contribution in [1.29, 1.82) is 0 Å². The molecule has 2 aromatic heterocycles. The number of para-hydroxylation sites is 2. The summed E-state index contributed by atoms with van der Waals surface area (Å²) in [4.78, 5) is 82.0. The number of aryl methyl sites for hydroxylation is 2. The Balaban J connectivity index is 1.01. The van der Waals surface area contributed by atoms with Crippen LogP contribution in [0.4, 0.5) is 0 Å². The molecule has 0 unspecified atom stereocenters. The van der Waals surface area contributed by atoms with Crippen molar-refractivity contribution in [2.45, 2.75) is 44.9 Å². The van der Waals surface area contributed by atoms with Crippen molar-refractivity contribution in [3.8, 4) is 0 Å². The van der Waals surface area contributed by atoms with Crippen molar-refractivity contribution in [2.24, 2.45) is 0 Å². The monoisotopic (exact) mass is 793 g/mol. The smallest absolute Gasteiger partial charge is 0.277 e. The summed E-state index contributed by atoms with van der Waals surface area (Å²) in [5.74, 6) is -1.10. The standard InChI is InChI=1S/C41H44BrN7O5/c1-45-38(51)34(36(42)40(45)53)32-25-12-6-8-14-27(25)43-29(32)16-4-3-5-17-30-33(26-13-7-9-15-28(26)44-30)35-37(41(54)46(2)39(35)52)49-22-20-47(21-23-49)24-31(50)48-18-10-11-19-48/h6-9,12-15,43-44H,3-5,10-11,16-24H2,1-2H3. The van der Waals surface area contributed by atoms with Gasteiger partial charge in [0.15, 0.2) is 0 Å². The number of nitrogens with one attached hydrogen (secondary N) is 2. The summed E-state index contributed by atoms with van der Waals surface area (Å²) in [5, 5.41) is 1.81. The molecule has 0 atom stereocenters. The fourth-order valence-corrected chi connectivity index (χ4v) is 9.11. The second-order valence-electron chi connectivity index (χ2n) is 14.7. The number of aromatic amines is 2. The number of H-pyrrole nitrogens is 2. The fourth-order valence-electron chi connectivity index (χ4n) is 8.48. The molecule has 4 aliphatic heterocycles. The Morgan fingerprint density at radius 1 is 0.648 bits per heavy atom. The van der Waals surface area contributed by atoms with Gasteiger partial charge in [-0.2, -0.15) is 0 Å². The lowest BCUT2D eigenvalue weighted by Gasteiger charge is -2.36. The molecule has 13 heteroatoms. The molecule has 5 amide bonds. The summed E-state index contributed by atoms with van der Waals surface area (Å²) >= 11 is 3.40. The van der Waals surface area contributed by atoms with Crippen molar-refractivity contribution in [1.82, 2.24) is 34.5 Å². The van der Waals surface area contributed by atoms with Crippen LogP contribution in [0.25, 0.3) is 33.0 Å². The molecule has 2 aromatic carbocycles. The molecule has 0 saturated carbocycles. The molecule has 4 aromatic rings. The maximum absolute atomic E-state index is 13.9. The first kappa shape index (κ1) is 36.0. The molecule has 0 aliphatic carbocycles. The van der Waals surface area contributed by atoms with E-state index >= 15 is 0 Å². The number of benzene rings is 2. The van der Waals surface area contributed by atoms with Crippen LogP contribution in [0.5, 0.6) is 0 Å². The molecule has 0 radical (unpaired) electrons. The third kappa shape index (κ3) is 6.26. The van der Waals surface area contributed by atoms with Gasteiger partial charge >= 0.3 is 0 Å². The largest absolute Gasteiger partial charge is 0.364 e. The number of nitrogens with zero attached hydrogens (tertiary/aromatic N) is 5. The van der Waals surface area contributed by atoms with E-state index in [0.717, 1.165) is 94.4 Å². The van der Waals surface area contributed by atoms with E-state index in [4.69, 9.17) is 0 Å². The molecule has 54 heavy (non-hydrogen) atoms. The number of carbonyl (C=O) groups is 5. The molecule has 0 bridgehead atoms. The van der Waals surface area contributed by atoms with E-state index in [2.05, 4.69) is 30.8 Å².